The molecule has 170 valence electrons. The van der Waals surface area contributed by atoms with Crippen molar-refractivity contribution in [3.63, 3.8) is 0 Å². The molecule has 0 aliphatic heterocycles. The number of aryl methyl sites for hydroxylation is 2. The number of hydrogen-bond donors (Lipinski definition) is 2. The predicted molar refractivity (Wildman–Crippen MR) is 109 cm³/mol. The monoisotopic (exact) mass is 469 g/mol. The third-order valence-corrected chi connectivity index (χ3v) is 5.73. The van der Waals surface area contributed by atoms with Crippen LogP contribution in [0.5, 0.6) is 5.88 Å². The number of pyridine rings is 1. The normalized spacial score (nSPS) is 11.8. The Kier molecular flexibility index (Phi) is 6.12. The summed E-state index contributed by atoms with van der Waals surface area (Å²) in [5.74, 6) is -1.16. The largest absolute Gasteiger partial charge is 0.504 e. The van der Waals surface area contributed by atoms with Crippen molar-refractivity contribution in [2.45, 2.75) is 25.0 Å². The lowest BCUT2D eigenvalue weighted by molar-refractivity contribution is -0.212. The first-order chi connectivity index (χ1) is 14.9. The van der Waals surface area contributed by atoms with Crippen LogP contribution in [-0.2, 0) is 16.3 Å². The zero-order valence-corrected chi connectivity index (χ0v) is 17.9. The molecule has 13 heteroatoms. The summed E-state index contributed by atoms with van der Waals surface area (Å²) in [4.78, 5) is 15.8. The minimum absolute atomic E-state index is 0.0718. The number of carbonyl (C=O) groups is 1. The molecule has 3 aromatic rings. The number of ether oxygens (including phenoxy) is 1. The zero-order chi connectivity index (χ0) is 23.7. The second-order valence-corrected chi connectivity index (χ2v) is 8.35. The molecule has 2 N–H and O–H groups in total. The van der Waals surface area contributed by atoms with Crippen LogP contribution in [-0.4, -0.2) is 36.2 Å². The zero-order valence-electron chi connectivity index (χ0n) is 17.1. The van der Waals surface area contributed by atoms with Crippen molar-refractivity contribution >= 4 is 27.3 Å². The molecule has 1 amide bonds. The number of rotatable bonds is 6. The van der Waals surface area contributed by atoms with Gasteiger partial charge in [-0.1, -0.05) is 18.2 Å². The Morgan fingerprint density at radius 3 is 2.38 bits per heavy atom. The lowest BCUT2D eigenvalue weighted by atomic mass is 10.1. The third kappa shape index (κ3) is 4.82. The number of nitrogens with one attached hydrogen (secondary N) is 2. The molecule has 0 spiro atoms. The molecule has 0 radical (unpaired) electrons. The van der Waals surface area contributed by atoms with Gasteiger partial charge in [0, 0.05) is 6.20 Å². The molecule has 0 saturated carbocycles. The summed E-state index contributed by atoms with van der Waals surface area (Å²) in [7, 11) is -2.97. The Bertz CT molecular complexity index is 1250. The van der Waals surface area contributed by atoms with Crippen molar-refractivity contribution in [1.82, 2.24) is 14.8 Å². The smallest absolute Gasteiger partial charge is 0.480 e. The highest BCUT2D eigenvalue weighted by atomic mass is 32.2. The van der Waals surface area contributed by atoms with Gasteiger partial charge in [0.1, 0.15) is 0 Å². The summed E-state index contributed by atoms with van der Waals surface area (Å²) in [5, 5.41) is 5.39. The minimum atomic E-state index is -4.78. The molecule has 2 aromatic heterocycles. The standard InChI is InChI=1S/C19H18F3N5O4S/c1-11-5-4-6-12(2)16(11)26-32(29,30)15-7-14(9-23-18(15)31-3)25-17(28)13-8-24-27(10-13)19(20,21)22/h4-10,26H,1-3H3,(H,25,28). The van der Waals surface area contributed by atoms with Gasteiger partial charge in [-0.2, -0.15) is 9.78 Å². The molecule has 0 aliphatic carbocycles. The Morgan fingerprint density at radius 1 is 1.16 bits per heavy atom. The van der Waals surface area contributed by atoms with Gasteiger partial charge in [0.05, 0.1) is 36.4 Å². The van der Waals surface area contributed by atoms with Gasteiger partial charge >= 0.3 is 6.30 Å². The molecule has 0 unspecified atom stereocenters. The fourth-order valence-corrected chi connectivity index (χ4v) is 4.14. The topological polar surface area (TPSA) is 115 Å². The predicted octanol–water partition coefficient (Wildman–Crippen LogP) is 3.43. The van der Waals surface area contributed by atoms with E-state index in [1.807, 2.05) is 0 Å². The quantitative estimate of drug-likeness (QED) is 0.572. The van der Waals surface area contributed by atoms with E-state index in [-0.39, 0.29) is 26.7 Å². The first-order valence-corrected chi connectivity index (χ1v) is 10.5. The fraction of sp³-hybridized carbons (Fsp3) is 0.211. The van der Waals surface area contributed by atoms with Crippen LogP contribution >= 0.6 is 0 Å². The molecule has 3 rings (SSSR count). The number of amides is 1. The Hall–Kier alpha value is -3.61. The second-order valence-electron chi connectivity index (χ2n) is 6.70. The molecule has 0 aliphatic rings. The number of halogens is 3. The van der Waals surface area contributed by atoms with Crippen molar-refractivity contribution < 1.29 is 31.1 Å². The van der Waals surface area contributed by atoms with Crippen LogP contribution in [0.2, 0.25) is 0 Å². The van der Waals surface area contributed by atoms with Crippen molar-refractivity contribution in [3.05, 3.63) is 59.5 Å². The number of carbonyl (C=O) groups excluding carboxylic acids is 1. The van der Waals surface area contributed by atoms with Gasteiger partial charge in [-0.15, -0.1) is 13.2 Å². The van der Waals surface area contributed by atoms with E-state index in [1.54, 1.807) is 32.0 Å². The number of aromatic nitrogens is 3. The Morgan fingerprint density at radius 2 is 1.81 bits per heavy atom. The van der Waals surface area contributed by atoms with Gasteiger partial charge in [-0.25, -0.2) is 13.4 Å². The maximum absolute atomic E-state index is 13.0. The van der Waals surface area contributed by atoms with E-state index in [2.05, 4.69) is 20.1 Å². The number of hydrogen-bond acceptors (Lipinski definition) is 6. The van der Waals surface area contributed by atoms with Gasteiger partial charge < -0.3 is 10.1 Å². The van der Waals surface area contributed by atoms with Crippen molar-refractivity contribution in [1.29, 1.82) is 0 Å². The van der Waals surface area contributed by atoms with E-state index < -0.39 is 22.2 Å². The highest BCUT2D eigenvalue weighted by Gasteiger charge is 2.32. The average molecular weight is 469 g/mol. The summed E-state index contributed by atoms with van der Waals surface area (Å²) in [6.45, 7) is 3.47. The van der Waals surface area contributed by atoms with Crippen LogP contribution in [0.25, 0.3) is 0 Å². The van der Waals surface area contributed by atoms with E-state index >= 15 is 0 Å². The minimum Gasteiger partial charge on any atom is -0.480 e. The van der Waals surface area contributed by atoms with Crippen LogP contribution in [0.3, 0.4) is 0 Å². The molecule has 0 saturated heterocycles. The summed E-state index contributed by atoms with van der Waals surface area (Å²) in [6.07, 6.45) is -2.42. The highest BCUT2D eigenvalue weighted by Crippen LogP contribution is 2.29. The van der Waals surface area contributed by atoms with Gasteiger partial charge in [0.15, 0.2) is 4.90 Å². The number of sulfonamides is 1. The van der Waals surface area contributed by atoms with Crippen LogP contribution in [0, 0.1) is 13.8 Å². The summed E-state index contributed by atoms with van der Waals surface area (Å²) in [5.41, 5.74) is 1.30. The number of para-hydroxylation sites is 1. The number of anilines is 2. The summed E-state index contributed by atoms with van der Waals surface area (Å²) >= 11 is 0. The van der Waals surface area contributed by atoms with Gasteiger partial charge in [0.25, 0.3) is 15.9 Å². The Labute approximate surface area is 181 Å². The third-order valence-electron chi connectivity index (χ3n) is 4.38. The van der Waals surface area contributed by atoms with Crippen LogP contribution < -0.4 is 14.8 Å². The van der Waals surface area contributed by atoms with Crippen LogP contribution in [0.1, 0.15) is 21.5 Å². The summed E-state index contributed by atoms with van der Waals surface area (Å²) in [6, 6.07) is 6.34. The maximum atomic E-state index is 13.0. The SMILES string of the molecule is COc1ncc(NC(=O)c2cnn(C(F)(F)F)c2)cc1S(=O)(=O)Nc1c(C)cccc1C. The van der Waals surface area contributed by atoms with Crippen LogP contribution in [0.4, 0.5) is 24.5 Å². The lowest BCUT2D eigenvalue weighted by Gasteiger charge is -2.15. The van der Waals surface area contributed by atoms with E-state index in [0.29, 0.717) is 23.0 Å². The first-order valence-electron chi connectivity index (χ1n) is 8.98. The molecule has 0 bridgehead atoms. The van der Waals surface area contributed by atoms with Gasteiger partial charge in [0.2, 0.25) is 5.88 Å². The van der Waals surface area contributed by atoms with E-state index in [9.17, 15) is 26.4 Å². The number of methoxy groups -OCH3 is 1. The van der Waals surface area contributed by atoms with Gasteiger partial charge in [-0.3, -0.25) is 9.52 Å². The maximum Gasteiger partial charge on any atom is 0.504 e. The van der Waals surface area contributed by atoms with E-state index in [0.717, 1.165) is 18.5 Å². The molecule has 0 atom stereocenters. The Balaban J connectivity index is 1.91. The van der Waals surface area contributed by atoms with E-state index in [4.69, 9.17) is 4.74 Å². The first kappa shape index (κ1) is 23.1. The lowest BCUT2D eigenvalue weighted by Crippen LogP contribution is -2.18. The highest BCUT2D eigenvalue weighted by molar-refractivity contribution is 7.92. The average Bonchev–Trinajstić information content (AvgIpc) is 3.22. The molecule has 32 heavy (non-hydrogen) atoms. The van der Waals surface area contributed by atoms with Gasteiger partial charge in [-0.05, 0) is 31.0 Å². The van der Waals surface area contributed by atoms with Crippen molar-refractivity contribution in [2.24, 2.45) is 0 Å². The molecule has 2 heterocycles. The van der Waals surface area contributed by atoms with Crippen LogP contribution in [0.15, 0.2) is 47.8 Å². The molecule has 1 aromatic carbocycles. The molecular weight excluding hydrogens is 451 g/mol. The fourth-order valence-electron chi connectivity index (χ4n) is 2.79. The number of benzene rings is 1. The molecular formula is C19H18F3N5O4S. The van der Waals surface area contributed by atoms with E-state index in [1.165, 1.54) is 7.11 Å². The second kappa shape index (κ2) is 8.49. The number of nitrogens with zero attached hydrogens (tertiary/aromatic N) is 3. The summed E-state index contributed by atoms with van der Waals surface area (Å²) < 4.78 is 71.2. The molecule has 9 nitrogen and oxygen atoms in total. The van der Waals surface area contributed by atoms with Crippen molar-refractivity contribution in [3.8, 4) is 5.88 Å². The van der Waals surface area contributed by atoms with Crippen molar-refractivity contribution in [2.75, 3.05) is 17.1 Å². The number of alkyl halides is 3. The molecule has 0 fully saturated rings.